The van der Waals surface area contributed by atoms with Gasteiger partial charge in [0.2, 0.25) is 0 Å². The van der Waals surface area contributed by atoms with Crippen molar-refractivity contribution in [1.29, 1.82) is 0 Å². The van der Waals surface area contributed by atoms with Crippen LogP contribution in [0.3, 0.4) is 0 Å². The van der Waals surface area contributed by atoms with Gasteiger partial charge >= 0.3 is 5.97 Å². The van der Waals surface area contributed by atoms with Crippen molar-refractivity contribution in [3.05, 3.63) is 53.6 Å². The topological polar surface area (TPSA) is 26.3 Å². The SMILES string of the molecule is CCCCC/C=C/c1ccc([C@@H]2C[C@H]2/C=C/C(=O)OCC)cc1. The number of allylic oxidation sites excluding steroid dienone is 2. The molecule has 124 valence electrons. The Balaban J connectivity index is 1.79. The molecule has 2 rings (SSSR count). The maximum Gasteiger partial charge on any atom is 0.330 e. The second-order valence-corrected chi connectivity index (χ2v) is 6.18. The van der Waals surface area contributed by atoms with Crippen LogP contribution in [0.1, 0.15) is 63.0 Å². The molecule has 1 aromatic rings. The van der Waals surface area contributed by atoms with Crippen molar-refractivity contribution in [2.75, 3.05) is 6.61 Å². The van der Waals surface area contributed by atoms with E-state index < -0.39 is 0 Å². The Hall–Kier alpha value is -1.83. The molecule has 0 bridgehead atoms. The first-order valence-electron chi connectivity index (χ1n) is 8.86. The van der Waals surface area contributed by atoms with E-state index in [0.29, 0.717) is 18.4 Å². The average molecular weight is 312 g/mol. The fourth-order valence-electron chi connectivity index (χ4n) is 2.79. The monoisotopic (exact) mass is 312 g/mol. The first kappa shape index (κ1) is 17.5. The van der Waals surface area contributed by atoms with Gasteiger partial charge in [0.05, 0.1) is 6.61 Å². The molecule has 0 unspecified atom stereocenters. The zero-order chi connectivity index (χ0) is 16.5. The molecule has 0 amide bonds. The number of unbranched alkanes of at least 4 members (excludes halogenated alkanes) is 3. The van der Waals surface area contributed by atoms with Crippen LogP contribution in [-0.4, -0.2) is 12.6 Å². The minimum Gasteiger partial charge on any atom is -0.463 e. The number of esters is 1. The van der Waals surface area contributed by atoms with Crippen LogP contribution in [0.2, 0.25) is 0 Å². The van der Waals surface area contributed by atoms with Crippen molar-refractivity contribution in [1.82, 2.24) is 0 Å². The van der Waals surface area contributed by atoms with Crippen LogP contribution < -0.4 is 0 Å². The van der Waals surface area contributed by atoms with E-state index in [2.05, 4.69) is 43.3 Å². The lowest BCUT2D eigenvalue weighted by atomic mass is 10.1. The summed E-state index contributed by atoms with van der Waals surface area (Å²) in [5.41, 5.74) is 2.64. The average Bonchev–Trinajstić information content (AvgIpc) is 3.33. The fourth-order valence-corrected chi connectivity index (χ4v) is 2.79. The second kappa shape index (κ2) is 9.34. The Labute approximate surface area is 140 Å². The molecule has 0 spiro atoms. The number of hydrogen-bond donors (Lipinski definition) is 0. The van der Waals surface area contributed by atoms with E-state index >= 15 is 0 Å². The Kier molecular flexibility index (Phi) is 7.12. The minimum atomic E-state index is -0.235. The van der Waals surface area contributed by atoms with Gasteiger partial charge in [0.25, 0.3) is 0 Å². The molecule has 2 atom stereocenters. The zero-order valence-electron chi connectivity index (χ0n) is 14.3. The molecule has 0 N–H and O–H groups in total. The highest BCUT2D eigenvalue weighted by Crippen LogP contribution is 2.48. The maximum absolute atomic E-state index is 11.3. The Morgan fingerprint density at radius 1 is 1.22 bits per heavy atom. The molecule has 0 aliphatic heterocycles. The third-order valence-electron chi connectivity index (χ3n) is 4.26. The first-order valence-corrected chi connectivity index (χ1v) is 8.86. The summed E-state index contributed by atoms with van der Waals surface area (Å²) in [5.74, 6) is 0.805. The number of carbonyl (C=O) groups excluding carboxylic acids is 1. The van der Waals surface area contributed by atoms with Gasteiger partial charge < -0.3 is 4.74 Å². The van der Waals surface area contributed by atoms with Crippen LogP contribution in [0.5, 0.6) is 0 Å². The number of carbonyl (C=O) groups is 1. The van der Waals surface area contributed by atoms with Crippen LogP contribution >= 0.6 is 0 Å². The summed E-state index contributed by atoms with van der Waals surface area (Å²) >= 11 is 0. The molecule has 1 aliphatic carbocycles. The molecule has 23 heavy (non-hydrogen) atoms. The van der Waals surface area contributed by atoms with Crippen LogP contribution in [0, 0.1) is 5.92 Å². The summed E-state index contributed by atoms with van der Waals surface area (Å²) in [6, 6.07) is 8.81. The van der Waals surface area contributed by atoms with E-state index in [-0.39, 0.29) is 5.97 Å². The standard InChI is InChI=1S/C21H28O2/c1-3-5-6-7-8-9-17-10-12-18(13-11-17)20-16-19(20)14-15-21(22)23-4-2/h8-15,19-20H,3-7,16H2,1-2H3/b9-8+,15-14+/t19-,20+/m1/s1. The van der Waals surface area contributed by atoms with Crippen LogP contribution in [0.15, 0.2) is 42.5 Å². The predicted octanol–water partition coefficient (Wildman–Crippen LogP) is 5.50. The number of ether oxygens (including phenoxy) is 1. The molecule has 0 saturated heterocycles. The van der Waals surface area contributed by atoms with Crippen LogP contribution in [0.4, 0.5) is 0 Å². The highest BCUT2D eigenvalue weighted by atomic mass is 16.5. The maximum atomic E-state index is 11.3. The molecule has 1 aromatic carbocycles. The summed E-state index contributed by atoms with van der Waals surface area (Å²) in [4.78, 5) is 11.3. The molecule has 0 heterocycles. The smallest absolute Gasteiger partial charge is 0.330 e. The van der Waals surface area contributed by atoms with Crippen molar-refractivity contribution in [2.24, 2.45) is 5.92 Å². The number of rotatable bonds is 9. The van der Waals surface area contributed by atoms with E-state index in [1.807, 2.05) is 13.0 Å². The summed E-state index contributed by atoms with van der Waals surface area (Å²) < 4.78 is 4.91. The second-order valence-electron chi connectivity index (χ2n) is 6.18. The van der Waals surface area contributed by atoms with Crippen molar-refractivity contribution >= 4 is 12.0 Å². The molecule has 2 heteroatoms. The van der Waals surface area contributed by atoms with Gasteiger partial charge in [-0.25, -0.2) is 4.79 Å². The van der Waals surface area contributed by atoms with E-state index in [4.69, 9.17) is 4.74 Å². The molecular formula is C21H28O2. The quantitative estimate of drug-likeness (QED) is 0.342. The fraction of sp³-hybridized carbons (Fsp3) is 0.476. The summed E-state index contributed by atoms with van der Waals surface area (Å²) in [6.45, 7) is 4.49. The Bertz CT molecular complexity index is 539. The predicted molar refractivity (Wildman–Crippen MR) is 96.2 cm³/mol. The Morgan fingerprint density at radius 3 is 2.70 bits per heavy atom. The van der Waals surface area contributed by atoms with Gasteiger partial charge in [-0.1, -0.05) is 62.3 Å². The third-order valence-corrected chi connectivity index (χ3v) is 4.26. The Morgan fingerprint density at radius 2 is 2.00 bits per heavy atom. The van der Waals surface area contributed by atoms with Gasteiger partial charge in [0, 0.05) is 6.08 Å². The summed E-state index contributed by atoms with van der Waals surface area (Å²) in [5, 5.41) is 0. The molecule has 0 aromatic heterocycles. The van der Waals surface area contributed by atoms with E-state index in [1.165, 1.54) is 36.8 Å². The lowest BCUT2D eigenvalue weighted by molar-refractivity contribution is -0.137. The minimum absolute atomic E-state index is 0.235. The molecule has 1 fully saturated rings. The van der Waals surface area contributed by atoms with Crippen molar-refractivity contribution in [2.45, 2.75) is 51.9 Å². The molecule has 1 aliphatic rings. The van der Waals surface area contributed by atoms with Crippen LogP contribution in [-0.2, 0) is 9.53 Å². The van der Waals surface area contributed by atoms with Gasteiger partial charge in [-0.3, -0.25) is 0 Å². The van der Waals surface area contributed by atoms with Crippen molar-refractivity contribution < 1.29 is 9.53 Å². The molecule has 0 radical (unpaired) electrons. The highest BCUT2D eigenvalue weighted by Gasteiger charge is 2.36. The third kappa shape index (κ3) is 6.05. The largest absolute Gasteiger partial charge is 0.463 e. The van der Waals surface area contributed by atoms with E-state index in [1.54, 1.807) is 6.08 Å². The van der Waals surface area contributed by atoms with Crippen molar-refractivity contribution in [3.63, 3.8) is 0 Å². The van der Waals surface area contributed by atoms with Gasteiger partial charge in [0.15, 0.2) is 0 Å². The lowest BCUT2D eigenvalue weighted by Gasteiger charge is -2.00. The van der Waals surface area contributed by atoms with E-state index in [0.717, 1.165) is 6.42 Å². The van der Waals surface area contributed by atoms with Gasteiger partial charge in [-0.15, -0.1) is 0 Å². The van der Waals surface area contributed by atoms with Gasteiger partial charge in [0.1, 0.15) is 0 Å². The van der Waals surface area contributed by atoms with Gasteiger partial charge in [-0.05, 0) is 49.1 Å². The normalized spacial score (nSPS) is 20.3. The van der Waals surface area contributed by atoms with Gasteiger partial charge in [-0.2, -0.15) is 0 Å². The van der Waals surface area contributed by atoms with E-state index in [9.17, 15) is 4.79 Å². The number of benzene rings is 1. The summed E-state index contributed by atoms with van der Waals surface area (Å²) in [7, 11) is 0. The van der Waals surface area contributed by atoms with Crippen molar-refractivity contribution in [3.8, 4) is 0 Å². The first-order chi connectivity index (χ1) is 11.2. The highest BCUT2D eigenvalue weighted by molar-refractivity contribution is 5.82. The lowest BCUT2D eigenvalue weighted by Crippen LogP contribution is -1.98. The zero-order valence-corrected chi connectivity index (χ0v) is 14.3. The molecule has 1 saturated carbocycles. The number of hydrogen-bond acceptors (Lipinski definition) is 2. The molecule has 2 nitrogen and oxygen atoms in total. The van der Waals surface area contributed by atoms with Crippen LogP contribution in [0.25, 0.3) is 6.08 Å². The molecular weight excluding hydrogens is 284 g/mol. The summed E-state index contributed by atoms with van der Waals surface area (Å²) in [6.07, 6.45) is 14.2.